The Morgan fingerprint density at radius 2 is 1.59 bits per heavy atom. The molecule has 0 saturated carbocycles. The number of methoxy groups -OCH3 is 1. The van der Waals surface area contributed by atoms with E-state index in [0.717, 1.165) is 23.0 Å². The smallest absolute Gasteiger partial charge is 0.0969 e. The van der Waals surface area contributed by atoms with E-state index in [9.17, 15) is 0 Å². The molecule has 3 aromatic carbocycles. The van der Waals surface area contributed by atoms with Gasteiger partial charge in [-0.3, -0.25) is 4.68 Å². The molecule has 0 spiro atoms. The van der Waals surface area contributed by atoms with Gasteiger partial charge in [-0.25, -0.2) is 0 Å². The average molecular weight is 355 g/mol. The van der Waals surface area contributed by atoms with E-state index in [1.165, 1.54) is 11.1 Å². The van der Waals surface area contributed by atoms with Crippen LogP contribution in [0.3, 0.4) is 0 Å². The lowest BCUT2D eigenvalue weighted by Gasteiger charge is -2.29. The van der Waals surface area contributed by atoms with Crippen molar-refractivity contribution in [1.29, 1.82) is 0 Å². The van der Waals surface area contributed by atoms with E-state index in [4.69, 9.17) is 4.74 Å². The van der Waals surface area contributed by atoms with Crippen molar-refractivity contribution < 1.29 is 4.74 Å². The minimum absolute atomic E-state index is 0.641. The highest BCUT2D eigenvalue weighted by Gasteiger charge is 2.27. The molecular formula is C24H23N2O. The van der Waals surface area contributed by atoms with Gasteiger partial charge in [0.1, 0.15) is 0 Å². The van der Waals surface area contributed by atoms with Crippen LogP contribution < -0.4 is 0 Å². The van der Waals surface area contributed by atoms with Crippen molar-refractivity contribution in [3.05, 3.63) is 109 Å². The molecule has 0 bridgehead atoms. The molecule has 3 nitrogen and oxygen atoms in total. The number of benzene rings is 3. The van der Waals surface area contributed by atoms with Crippen molar-refractivity contribution in [3.63, 3.8) is 0 Å². The van der Waals surface area contributed by atoms with Crippen molar-refractivity contribution in [1.82, 2.24) is 9.78 Å². The molecule has 0 aliphatic rings. The summed E-state index contributed by atoms with van der Waals surface area (Å²) in [5.41, 5.74) is 3.93. The molecule has 1 atom stereocenters. The first-order valence-electron chi connectivity index (χ1n) is 9.12. The van der Waals surface area contributed by atoms with Crippen molar-refractivity contribution in [2.45, 2.75) is 18.6 Å². The van der Waals surface area contributed by atoms with Crippen LogP contribution in [0.2, 0.25) is 0 Å². The standard InChI is InChI=1S/C24H23N2O/c1-24(27-2,16-19-9-5-3-6-10-19)22-14-13-21-17-25-26(23(21)15-22)18-20-11-7-4-8-12-20/h3-15,17H,1,16,18H2,2H3. The summed E-state index contributed by atoms with van der Waals surface area (Å²) in [6.45, 7) is 5.15. The maximum Gasteiger partial charge on any atom is 0.0969 e. The van der Waals surface area contributed by atoms with Crippen molar-refractivity contribution in [3.8, 4) is 0 Å². The Kier molecular flexibility index (Phi) is 4.78. The predicted octanol–water partition coefficient (Wildman–Crippen LogP) is 5.00. The van der Waals surface area contributed by atoms with Gasteiger partial charge in [0.15, 0.2) is 0 Å². The third kappa shape index (κ3) is 3.64. The average Bonchev–Trinajstić information content (AvgIpc) is 3.11. The Balaban J connectivity index is 1.70. The van der Waals surface area contributed by atoms with E-state index in [2.05, 4.69) is 66.6 Å². The number of nitrogens with zero attached hydrogens (tertiary/aromatic N) is 2. The van der Waals surface area contributed by atoms with E-state index >= 15 is 0 Å². The van der Waals surface area contributed by atoms with Crippen LogP contribution in [-0.2, 0) is 23.3 Å². The fourth-order valence-electron chi connectivity index (χ4n) is 3.45. The second-order valence-corrected chi connectivity index (χ2v) is 6.92. The molecule has 0 fully saturated rings. The molecule has 135 valence electrons. The summed E-state index contributed by atoms with van der Waals surface area (Å²) in [5, 5.41) is 5.70. The number of ether oxygens (including phenoxy) is 1. The molecular weight excluding hydrogens is 332 g/mol. The number of rotatable bonds is 6. The second kappa shape index (κ2) is 7.37. The third-order valence-corrected chi connectivity index (χ3v) is 5.07. The zero-order valence-electron chi connectivity index (χ0n) is 15.5. The molecule has 1 radical (unpaired) electrons. The molecule has 27 heavy (non-hydrogen) atoms. The first kappa shape index (κ1) is 17.5. The van der Waals surface area contributed by atoms with Crippen LogP contribution in [0.5, 0.6) is 0 Å². The summed E-state index contributed by atoms with van der Waals surface area (Å²) in [5.74, 6) is 0. The molecule has 1 heterocycles. The second-order valence-electron chi connectivity index (χ2n) is 6.92. The zero-order chi connectivity index (χ0) is 18.7. The van der Waals surface area contributed by atoms with Crippen molar-refractivity contribution in [2.75, 3.05) is 7.11 Å². The van der Waals surface area contributed by atoms with Gasteiger partial charge >= 0.3 is 0 Å². The van der Waals surface area contributed by atoms with E-state index in [1.807, 2.05) is 35.1 Å². The van der Waals surface area contributed by atoms with Gasteiger partial charge in [-0.2, -0.15) is 5.10 Å². The summed E-state index contributed by atoms with van der Waals surface area (Å²) in [6.07, 6.45) is 2.62. The molecule has 4 rings (SSSR count). The minimum atomic E-state index is -0.641. The summed E-state index contributed by atoms with van der Waals surface area (Å²) in [6, 6.07) is 27.1. The first-order chi connectivity index (χ1) is 13.2. The molecule has 0 saturated heterocycles. The lowest BCUT2D eigenvalue weighted by Crippen LogP contribution is -2.27. The Hall–Kier alpha value is -2.91. The lowest BCUT2D eigenvalue weighted by atomic mass is 9.88. The summed E-state index contributed by atoms with van der Waals surface area (Å²) in [4.78, 5) is 0. The van der Waals surface area contributed by atoms with Crippen LogP contribution in [0.4, 0.5) is 0 Å². The molecule has 1 unspecified atom stereocenters. The number of fused-ring (bicyclic) bond motifs is 1. The van der Waals surface area contributed by atoms with Gasteiger partial charge in [-0.15, -0.1) is 0 Å². The van der Waals surface area contributed by atoms with Crippen molar-refractivity contribution in [2.24, 2.45) is 0 Å². The molecule has 3 heteroatoms. The molecule has 0 aliphatic heterocycles. The number of hydrogen-bond donors (Lipinski definition) is 0. The SMILES string of the molecule is [CH2]C(Cc1ccccc1)(OC)c1ccc2cnn(Cc3ccccc3)c2c1. The maximum absolute atomic E-state index is 5.87. The fraction of sp³-hybridized carbons (Fsp3) is 0.167. The highest BCUT2D eigenvalue weighted by molar-refractivity contribution is 5.79. The summed E-state index contributed by atoms with van der Waals surface area (Å²) >= 11 is 0. The highest BCUT2D eigenvalue weighted by Crippen LogP contribution is 2.31. The van der Waals surface area contributed by atoms with Crippen LogP contribution in [0, 0.1) is 6.92 Å². The first-order valence-corrected chi connectivity index (χ1v) is 9.12. The highest BCUT2D eigenvalue weighted by atomic mass is 16.5. The predicted molar refractivity (Wildman–Crippen MR) is 109 cm³/mol. The topological polar surface area (TPSA) is 27.1 Å². The van der Waals surface area contributed by atoms with Gasteiger partial charge in [-0.05, 0) is 29.7 Å². The van der Waals surface area contributed by atoms with Gasteiger partial charge in [0.25, 0.3) is 0 Å². The van der Waals surface area contributed by atoms with E-state index in [1.54, 1.807) is 7.11 Å². The Labute approximate surface area is 160 Å². The van der Waals surface area contributed by atoms with Crippen LogP contribution in [0.25, 0.3) is 10.9 Å². The molecule has 0 amide bonds. The molecule has 4 aromatic rings. The van der Waals surface area contributed by atoms with Gasteiger partial charge < -0.3 is 4.74 Å². The minimum Gasteiger partial charge on any atom is -0.373 e. The molecule has 1 aromatic heterocycles. The van der Waals surface area contributed by atoms with E-state index in [-0.39, 0.29) is 0 Å². The van der Waals surface area contributed by atoms with Crippen LogP contribution in [0.15, 0.2) is 85.1 Å². The third-order valence-electron chi connectivity index (χ3n) is 5.07. The normalized spacial score (nSPS) is 13.6. The van der Waals surface area contributed by atoms with Crippen LogP contribution in [-0.4, -0.2) is 16.9 Å². The summed E-state index contributed by atoms with van der Waals surface area (Å²) < 4.78 is 7.91. The van der Waals surface area contributed by atoms with Gasteiger partial charge in [0.05, 0.1) is 23.9 Å². The number of aromatic nitrogens is 2. The Morgan fingerprint density at radius 1 is 0.926 bits per heavy atom. The number of hydrogen-bond acceptors (Lipinski definition) is 2. The quantitative estimate of drug-likeness (QED) is 0.486. The monoisotopic (exact) mass is 355 g/mol. The van der Waals surface area contributed by atoms with Crippen LogP contribution >= 0.6 is 0 Å². The summed E-state index contributed by atoms with van der Waals surface area (Å²) in [7, 11) is 1.72. The van der Waals surface area contributed by atoms with E-state index < -0.39 is 5.60 Å². The van der Waals surface area contributed by atoms with Gasteiger partial charge in [0, 0.05) is 18.9 Å². The molecule has 0 N–H and O–H groups in total. The van der Waals surface area contributed by atoms with Gasteiger partial charge in [-0.1, -0.05) is 72.8 Å². The van der Waals surface area contributed by atoms with E-state index in [0.29, 0.717) is 6.42 Å². The Morgan fingerprint density at radius 3 is 2.26 bits per heavy atom. The molecule has 0 aliphatic carbocycles. The Bertz CT molecular complexity index is 1020. The largest absolute Gasteiger partial charge is 0.373 e. The van der Waals surface area contributed by atoms with Gasteiger partial charge in [0.2, 0.25) is 0 Å². The fourth-order valence-corrected chi connectivity index (χ4v) is 3.45. The van der Waals surface area contributed by atoms with Crippen molar-refractivity contribution >= 4 is 10.9 Å². The lowest BCUT2D eigenvalue weighted by molar-refractivity contribution is 0.0267. The maximum atomic E-state index is 5.87. The zero-order valence-corrected chi connectivity index (χ0v) is 15.5. The van der Waals surface area contributed by atoms with Crippen LogP contribution in [0.1, 0.15) is 16.7 Å².